The van der Waals surface area contributed by atoms with Crippen LogP contribution in [0.4, 0.5) is 0 Å². The lowest BCUT2D eigenvalue weighted by Crippen LogP contribution is -2.14. The van der Waals surface area contributed by atoms with Gasteiger partial charge in [0.25, 0.3) is 0 Å². The van der Waals surface area contributed by atoms with Crippen LogP contribution in [0, 0.1) is 13.8 Å². The van der Waals surface area contributed by atoms with Crippen LogP contribution >= 0.6 is 11.6 Å². The smallest absolute Gasteiger partial charge is 0.338 e. The number of halogens is 1. The maximum atomic E-state index is 12.4. The molecule has 0 bridgehead atoms. The van der Waals surface area contributed by atoms with E-state index in [1.54, 1.807) is 6.08 Å². The first-order valence-corrected chi connectivity index (χ1v) is 8.18. The zero-order valence-electron chi connectivity index (χ0n) is 13.5. The van der Waals surface area contributed by atoms with Gasteiger partial charge in [0.2, 0.25) is 0 Å². The van der Waals surface area contributed by atoms with Crippen molar-refractivity contribution < 1.29 is 14.3 Å². The Morgan fingerprint density at radius 1 is 1.00 bits per heavy atom. The number of fused-ring (bicyclic) bond motifs is 1. The predicted molar refractivity (Wildman–Crippen MR) is 92.1 cm³/mol. The summed E-state index contributed by atoms with van der Waals surface area (Å²) in [5.41, 5.74) is 2.63. The van der Waals surface area contributed by atoms with Crippen molar-refractivity contribution in [2.45, 2.75) is 39.5 Å². The fourth-order valence-electron chi connectivity index (χ4n) is 2.66. The lowest BCUT2D eigenvalue weighted by atomic mass is 9.95. The first-order chi connectivity index (χ1) is 11.0. The van der Waals surface area contributed by atoms with Crippen LogP contribution in [-0.4, -0.2) is 18.4 Å². The number of carbonyl (C=O) groups excluding carboxylic acids is 2. The Balaban J connectivity index is 2.45. The van der Waals surface area contributed by atoms with Gasteiger partial charge in [-0.25, -0.2) is 4.79 Å². The zero-order valence-corrected chi connectivity index (χ0v) is 14.3. The predicted octanol–water partition coefficient (Wildman–Crippen LogP) is 4.52. The van der Waals surface area contributed by atoms with Crippen molar-refractivity contribution in [2.24, 2.45) is 0 Å². The van der Waals surface area contributed by atoms with Crippen LogP contribution in [0.2, 0.25) is 5.02 Å². The van der Waals surface area contributed by atoms with E-state index in [0.29, 0.717) is 29.2 Å². The molecule has 0 aromatic heterocycles. The highest BCUT2D eigenvalue weighted by atomic mass is 35.5. The van der Waals surface area contributed by atoms with Gasteiger partial charge in [0.1, 0.15) is 0 Å². The number of ether oxygens (including phenoxy) is 1. The molecule has 122 valence electrons. The van der Waals surface area contributed by atoms with Crippen LogP contribution < -0.4 is 0 Å². The molecule has 0 aliphatic carbocycles. The number of allylic oxidation sites excluding steroid dienone is 3. The second kappa shape index (κ2) is 8.11. The third-order valence-electron chi connectivity index (χ3n) is 3.78. The van der Waals surface area contributed by atoms with Crippen LogP contribution in [0.1, 0.15) is 46.3 Å². The highest BCUT2D eigenvalue weighted by molar-refractivity contribution is 6.33. The summed E-state index contributed by atoms with van der Waals surface area (Å²) in [6.07, 6.45) is 9.94. The fraction of sp³-hybridized carbons (Fsp3) is 0.368. The first kappa shape index (κ1) is 17.5. The Bertz CT molecular complexity index is 672. The highest BCUT2D eigenvalue weighted by Crippen LogP contribution is 2.29. The molecule has 1 aliphatic heterocycles. The first-order valence-electron chi connectivity index (χ1n) is 7.80. The van der Waals surface area contributed by atoms with Gasteiger partial charge in [-0.2, -0.15) is 0 Å². The van der Waals surface area contributed by atoms with E-state index in [1.807, 2.05) is 38.1 Å². The number of ketones is 1. The summed E-state index contributed by atoms with van der Waals surface area (Å²) in [5, 5.41) is 0.469. The Morgan fingerprint density at radius 2 is 1.70 bits per heavy atom. The molecule has 0 saturated heterocycles. The summed E-state index contributed by atoms with van der Waals surface area (Å²) in [6, 6.07) is 1.85. The Kier molecular flexibility index (Phi) is 6.17. The van der Waals surface area contributed by atoms with E-state index in [2.05, 4.69) is 0 Å². The number of esters is 1. The lowest BCUT2D eigenvalue weighted by molar-refractivity contribution is -0.114. The van der Waals surface area contributed by atoms with Crippen molar-refractivity contribution in [3.63, 3.8) is 0 Å². The van der Waals surface area contributed by atoms with Crippen molar-refractivity contribution in [1.29, 1.82) is 0 Å². The number of aryl methyl sites for hydroxylation is 2. The second-order valence-electron chi connectivity index (χ2n) is 5.70. The van der Waals surface area contributed by atoms with Crippen molar-refractivity contribution in [1.82, 2.24) is 0 Å². The van der Waals surface area contributed by atoms with Crippen LogP contribution in [-0.2, 0) is 16.0 Å². The molecule has 1 aromatic rings. The quantitative estimate of drug-likeness (QED) is 0.518. The van der Waals surface area contributed by atoms with E-state index in [0.717, 1.165) is 24.0 Å². The maximum absolute atomic E-state index is 12.4. The molecule has 1 heterocycles. The number of cyclic esters (lactones) is 1. The molecule has 0 N–H and O–H groups in total. The summed E-state index contributed by atoms with van der Waals surface area (Å²) in [6.45, 7) is 4.04. The number of rotatable bonds is 0. The molecule has 0 radical (unpaired) electrons. The van der Waals surface area contributed by atoms with Gasteiger partial charge < -0.3 is 4.74 Å². The molecule has 23 heavy (non-hydrogen) atoms. The Labute approximate surface area is 142 Å². The molecule has 1 aromatic carbocycles. The van der Waals surface area contributed by atoms with Gasteiger partial charge in [-0.15, -0.1) is 0 Å². The van der Waals surface area contributed by atoms with Gasteiger partial charge in [0.15, 0.2) is 5.78 Å². The van der Waals surface area contributed by atoms with E-state index < -0.39 is 5.97 Å². The summed E-state index contributed by atoms with van der Waals surface area (Å²) in [7, 11) is 0. The minimum atomic E-state index is -0.415. The average Bonchev–Trinajstić information content (AvgIpc) is 2.50. The molecule has 0 fully saturated rings. The summed E-state index contributed by atoms with van der Waals surface area (Å²) < 4.78 is 5.35. The zero-order chi connectivity index (χ0) is 16.8. The molecular weight excluding hydrogens is 312 g/mol. The minimum Gasteiger partial charge on any atom is -0.462 e. The standard InChI is InChI=1S/C19H21ClO3/c1-13-11-14(2)18(20)16-12-15(21)9-7-5-3-4-6-8-10-23-19(22)17(13)16/h4,6-7,9,11H,3,5,8,10,12H2,1-2H3/b6-4+,9-7+. The van der Waals surface area contributed by atoms with E-state index in [1.165, 1.54) is 0 Å². The van der Waals surface area contributed by atoms with Crippen molar-refractivity contribution in [2.75, 3.05) is 6.61 Å². The summed E-state index contributed by atoms with van der Waals surface area (Å²) >= 11 is 6.37. The van der Waals surface area contributed by atoms with Gasteiger partial charge in [-0.05, 0) is 55.9 Å². The molecule has 0 atom stereocenters. The summed E-state index contributed by atoms with van der Waals surface area (Å²) in [5.74, 6) is -0.478. The van der Waals surface area contributed by atoms with Gasteiger partial charge in [-0.3, -0.25) is 4.79 Å². The normalized spacial score (nSPS) is 19.4. The number of carbonyl (C=O) groups is 2. The summed E-state index contributed by atoms with van der Waals surface area (Å²) in [4.78, 5) is 24.6. The molecule has 1 aliphatic rings. The van der Waals surface area contributed by atoms with E-state index in [4.69, 9.17) is 16.3 Å². The fourth-order valence-corrected chi connectivity index (χ4v) is 2.88. The molecular formula is C19H21ClO3. The van der Waals surface area contributed by atoms with Gasteiger partial charge in [-0.1, -0.05) is 35.9 Å². The van der Waals surface area contributed by atoms with E-state index >= 15 is 0 Å². The largest absolute Gasteiger partial charge is 0.462 e. The molecule has 0 saturated carbocycles. The Morgan fingerprint density at radius 3 is 2.48 bits per heavy atom. The molecule has 2 rings (SSSR count). The molecule has 0 amide bonds. The number of benzene rings is 1. The van der Waals surface area contributed by atoms with Crippen LogP contribution in [0.15, 0.2) is 30.4 Å². The van der Waals surface area contributed by atoms with Crippen LogP contribution in [0.3, 0.4) is 0 Å². The third-order valence-corrected chi connectivity index (χ3v) is 4.31. The third kappa shape index (κ3) is 4.55. The van der Waals surface area contributed by atoms with Crippen LogP contribution in [0.25, 0.3) is 0 Å². The van der Waals surface area contributed by atoms with Gasteiger partial charge in [0.05, 0.1) is 12.2 Å². The molecule has 4 heteroatoms. The van der Waals surface area contributed by atoms with Crippen molar-refractivity contribution in [3.8, 4) is 0 Å². The topological polar surface area (TPSA) is 43.4 Å². The molecule has 3 nitrogen and oxygen atoms in total. The van der Waals surface area contributed by atoms with Gasteiger partial charge >= 0.3 is 5.97 Å². The average molecular weight is 333 g/mol. The molecule has 0 spiro atoms. The number of hydrogen-bond acceptors (Lipinski definition) is 3. The van der Waals surface area contributed by atoms with E-state index in [-0.39, 0.29) is 12.2 Å². The maximum Gasteiger partial charge on any atom is 0.338 e. The monoisotopic (exact) mass is 332 g/mol. The SMILES string of the molecule is Cc1cc(C)c2c(c1Cl)CC(=O)/C=C/CC/C=C/CCOC2=O. The van der Waals surface area contributed by atoms with Crippen molar-refractivity contribution >= 4 is 23.4 Å². The van der Waals surface area contributed by atoms with E-state index in [9.17, 15) is 9.59 Å². The Hall–Kier alpha value is -1.87. The van der Waals surface area contributed by atoms with Crippen LogP contribution in [0.5, 0.6) is 0 Å². The number of hydrogen-bond donors (Lipinski definition) is 0. The van der Waals surface area contributed by atoms with Gasteiger partial charge in [0, 0.05) is 11.4 Å². The highest BCUT2D eigenvalue weighted by Gasteiger charge is 2.21. The minimum absolute atomic E-state index is 0.0630. The van der Waals surface area contributed by atoms with Crippen molar-refractivity contribution in [3.05, 3.63) is 57.6 Å². The lowest BCUT2D eigenvalue weighted by Gasteiger charge is -2.15. The molecule has 0 unspecified atom stereocenters. The second-order valence-corrected chi connectivity index (χ2v) is 6.07.